The second-order valence-electron chi connectivity index (χ2n) is 4.78. The van der Waals surface area contributed by atoms with E-state index < -0.39 is 5.97 Å². The Hall–Kier alpha value is -2.22. The average Bonchev–Trinajstić information content (AvgIpc) is 2.56. The van der Waals surface area contributed by atoms with Crippen LogP contribution in [0.2, 0.25) is 5.02 Å². The topological polar surface area (TPSA) is 108 Å². The van der Waals surface area contributed by atoms with Gasteiger partial charge in [0.15, 0.2) is 5.17 Å². The van der Waals surface area contributed by atoms with E-state index in [9.17, 15) is 9.90 Å². The number of aliphatic imine (C=N–C) groups is 1. The molecule has 8 heteroatoms. The maximum absolute atomic E-state index is 11.1. The number of nitrogens with two attached hydrogens (primary N) is 1. The van der Waals surface area contributed by atoms with E-state index in [0.717, 1.165) is 5.56 Å². The van der Waals surface area contributed by atoms with Gasteiger partial charge in [-0.15, -0.1) is 0 Å². The Morgan fingerprint density at radius 3 is 2.54 bits per heavy atom. The number of rotatable bonds is 4. The van der Waals surface area contributed by atoms with E-state index in [4.69, 9.17) is 22.4 Å². The third kappa shape index (κ3) is 4.64. The summed E-state index contributed by atoms with van der Waals surface area (Å²) in [5.74, 6) is -1.51. The van der Waals surface area contributed by atoms with Crippen molar-refractivity contribution in [2.24, 2.45) is 10.7 Å². The minimum Gasteiger partial charge on any atom is -0.507 e. The largest absolute Gasteiger partial charge is 0.507 e. The first-order valence-electron chi connectivity index (χ1n) is 6.88. The second-order valence-corrected chi connectivity index (χ2v) is 6.35. The molecule has 2 aromatic rings. The van der Waals surface area contributed by atoms with E-state index in [1.165, 1.54) is 23.9 Å². The van der Waals surface area contributed by atoms with Crippen LogP contribution in [-0.2, 0) is 0 Å². The lowest BCUT2D eigenvalue weighted by molar-refractivity contribution is 0.0694. The Morgan fingerprint density at radius 2 is 1.96 bits per heavy atom. The van der Waals surface area contributed by atoms with Crippen LogP contribution >= 0.6 is 23.4 Å². The van der Waals surface area contributed by atoms with Gasteiger partial charge >= 0.3 is 5.97 Å². The van der Waals surface area contributed by atoms with Crippen molar-refractivity contribution in [2.45, 2.75) is 5.37 Å². The zero-order valence-corrected chi connectivity index (χ0v) is 14.3. The minimum atomic E-state index is -1.21. The van der Waals surface area contributed by atoms with Crippen molar-refractivity contribution in [3.8, 4) is 5.75 Å². The van der Waals surface area contributed by atoms with Crippen LogP contribution in [0.1, 0.15) is 21.3 Å². The zero-order valence-electron chi connectivity index (χ0n) is 12.7. The Bertz CT molecular complexity index is 766. The molecule has 24 heavy (non-hydrogen) atoms. The monoisotopic (exact) mass is 365 g/mol. The van der Waals surface area contributed by atoms with Crippen LogP contribution in [0.15, 0.2) is 47.5 Å². The molecule has 6 nitrogen and oxygen atoms in total. The molecular weight excluding hydrogens is 350 g/mol. The van der Waals surface area contributed by atoms with Crippen molar-refractivity contribution in [3.63, 3.8) is 0 Å². The first-order chi connectivity index (χ1) is 11.4. The second kappa shape index (κ2) is 8.05. The van der Waals surface area contributed by atoms with Crippen LogP contribution < -0.4 is 11.1 Å². The van der Waals surface area contributed by atoms with Gasteiger partial charge in [0, 0.05) is 17.8 Å². The SMILES string of the molecule is CN=C(Nc1ccc(O)c(C(=O)O)c1)SC(N)c1ccc(Cl)cc1. The Morgan fingerprint density at radius 1 is 1.29 bits per heavy atom. The molecule has 2 rings (SSSR count). The van der Waals surface area contributed by atoms with Crippen molar-refractivity contribution in [1.82, 2.24) is 0 Å². The molecule has 0 saturated heterocycles. The lowest BCUT2D eigenvalue weighted by atomic mass is 10.2. The lowest BCUT2D eigenvalue weighted by Crippen LogP contribution is -2.15. The van der Waals surface area contributed by atoms with Crippen molar-refractivity contribution in [1.29, 1.82) is 0 Å². The van der Waals surface area contributed by atoms with Gasteiger partial charge in [0.2, 0.25) is 0 Å². The highest BCUT2D eigenvalue weighted by Gasteiger charge is 2.14. The zero-order chi connectivity index (χ0) is 17.7. The van der Waals surface area contributed by atoms with Crippen LogP contribution in [-0.4, -0.2) is 28.4 Å². The van der Waals surface area contributed by atoms with Crippen molar-refractivity contribution in [3.05, 3.63) is 58.6 Å². The van der Waals surface area contributed by atoms with Crippen LogP contribution in [0.25, 0.3) is 0 Å². The number of nitrogens with one attached hydrogen (secondary N) is 1. The number of thioether (sulfide) groups is 1. The number of carbonyl (C=O) groups is 1. The summed E-state index contributed by atoms with van der Waals surface area (Å²) >= 11 is 7.14. The fourth-order valence-corrected chi connectivity index (χ4v) is 2.83. The molecule has 2 aromatic carbocycles. The average molecular weight is 366 g/mol. The molecule has 126 valence electrons. The highest BCUT2D eigenvalue weighted by molar-refractivity contribution is 8.14. The first kappa shape index (κ1) is 18.1. The van der Waals surface area contributed by atoms with Crippen molar-refractivity contribution < 1.29 is 15.0 Å². The standard InChI is InChI=1S/C16H16ClN3O3S/c1-19-16(24-14(18)9-2-4-10(17)5-3-9)20-11-6-7-13(21)12(8-11)15(22)23/h2-8,14,21H,18H2,1H3,(H,19,20)(H,22,23). The number of aromatic hydroxyl groups is 1. The van der Waals surface area contributed by atoms with Gasteiger partial charge in [0.1, 0.15) is 11.3 Å². The molecule has 0 aliphatic heterocycles. The molecule has 5 N–H and O–H groups in total. The maximum atomic E-state index is 11.1. The van der Waals surface area contributed by atoms with Crippen LogP contribution in [0, 0.1) is 0 Å². The fourth-order valence-electron chi connectivity index (χ4n) is 1.89. The number of hydrogen-bond acceptors (Lipinski definition) is 5. The Balaban J connectivity index is 2.11. The molecule has 0 spiro atoms. The minimum absolute atomic E-state index is 0.192. The Kier molecular flexibility index (Phi) is 6.08. The van der Waals surface area contributed by atoms with E-state index in [1.54, 1.807) is 25.2 Å². The summed E-state index contributed by atoms with van der Waals surface area (Å²) in [4.78, 5) is 15.2. The van der Waals surface area contributed by atoms with E-state index in [-0.39, 0.29) is 16.7 Å². The maximum Gasteiger partial charge on any atom is 0.339 e. The van der Waals surface area contributed by atoms with Crippen LogP contribution in [0.5, 0.6) is 5.75 Å². The number of carboxylic acid groups (broad SMARTS) is 1. The number of phenols is 1. The number of halogens is 1. The number of aromatic carboxylic acids is 1. The van der Waals surface area contributed by atoms with Gasteiger partial charge in [-0.25, -0.2) is 4.79 Å². The van der Waals surface area contributed by atoms with E-state index in [2.05, 4.69) is 10.3 Å². The molecule has 1 unspecified atom stereocenters. The van der Waals surface area contributed by atoms with Gasteiger partial charge in [-0.05, 0) is 35.9 Å². The summed E-state index contributed by atoms with van der Waals surface area (Å²) in [6, 6.07) is 11.4. The molecule has 0 fully saturated rings. The van der Waals surface area contributed by atoms with E-state index >= 15 is 0 Å². The highest BCUT2D eigenvalue weighted by Crippen LogP contribution is 2.28. The van der Waals surface area contributed by atoms with Gasteiger partial charge < -0.3 is 21.3 Å². The van der Waals surface area contributed by atoms with Gasteiger partial charge in [-0.3, -0.25) is 4.99 Å². The molecular formula is C16H16ClN3O3S. The molecule has 0 saturated carbocycles. The van der Waals surface area contributed by atoms with Gasteiger partial charge in [-0.1, -0.05) is 35.5 Å². The normalized spacial score (nSPS) is 12.7. The number of hydrogen-bond donors (Lipinski definition) is 4. The van der Waals surface area contributed by atoms with Gasteiger partial charge in [0.25, 0.3) is 0 Å². The van der Waals surface area contributed by atoms with E-state index in [0.29, 0.717) is 15.9 Å². The quantitative estimate of drug-likeness (QED) is 0.286. The summed E-state index contributed by atoms with van der Waals surface area (Å²) in [5.41, 5.74) is 7.32. The number of benzene rings is 2. The molecule has 0 radical (unpaired) electrons. The molecule has 1 atom stereocenters. The molecule has 0 aromatic heterocycles. The molecule has 0 heterocycles. The van der Waals surface area contributed by atoms with Gasteiger partial charge in [0.05, 0.1) is 5.37 Å². The van der Waals surface area contributed by atoms with Crippen LogP contribution in [0.4, 0.5) is 5.69 Å². The van der Waals surface area contributed by atoms with E-state index in [1.807, 2.05) is 12.1 Å². The Labute approximate surface area is 148 Å². The molecule has 0 aliphatic carbocycles. The van der Waals surface area contributed by atoms with Gasteiger partial charge in [-0.2, -0.15) is 0 Å². The molecule has 0 aliphatic rings. The smallest absolute Gasteiger partial charge is 0.339 e. The van der Waals surface area contributed by atoms with Crippen LogP contribution in [0.3, 0.4) is 0 Å². The fraction of sp³-hybridized carbons (Fsp3) is 0.125. The summed E-state index contributed by atoms with van der Waals surface area (Å²) in [6.07, 6.45) is 0. The summed E-state index contributed by atoms with van der Waals surface area (Å²) in [7, 11) is 1.60. The number of carboxylic acids is 1. The predicted molar refractivity (Wildman–Crippen MR) is 98.0 cm³/mol. The summed E-state index contributed by atoms with van der Waals surface area (Å²) in [5, 5.41) is 22.3. The molecule has 0 bridgehead atoms. The van der Waals surface area contributed by atoms with Crippen molar-refractivity contribution >= 4 is 40.2 Å². The van der Waals surface area contributed by atoms with Crippen molar-refractivity contribution in [2.75, 3.05) is 12.4 Å². The summed E-state index contributed by atoms with van der Waals surface area (Å²) < 4.78 is 0. The molecule has 0 amide bonds. The highest BCUT2D eigenvalue weighted by atomic mass is 35.5. The predicted octanol–water partition coefficient (Wildman–Crippen LogP) is 3.53. The first-order valence-corrected chi connectivity index (χ1v) is 8.14. The lowest BCUT2D eigenvalue weighted by Gasteiger charge is -2.15. The third-order valence-electron chi connectivity index (χ3n) is 3.12. The number of amidine groups is 1. The number of nitrogens with zero attached hydrogens (tertiary/aromatic N) is 1. The summed E-state index contributed by atoms with van der Waals surface area (Å²) in [6.45, 7) is 0. The third-order valence-corrected chi connectivity index (χ3v) is 4.40. The number of anilines is 1.